The molecule has 0 saturated carbocycles. The number of hydrogen-bond donors (Lipinski definition) is 2. The highest BCUT2D eigenvalue weighted by Crippen LogP contribution is 2.20. The smallest absolute Gasteiger partial charge is 0.274 e. The van der Waals surface area contributed by atoms with Gasteiger partial charge in [-0.05, 0) is 47.5 Å². The summed E-state index contributed by atoms with van der Waals surface area (Å²) in [5, 5.41) is 10.8. The minimum Gasteiger partial charge on any atom is -0.497 e. The van der Waals surface area contributed by atoms with Crippen molar-refractivity contribution < 1.29 is 19.0 Å². The van der Waals surface area contributed by atoms with Crippen molar-refractivity contribution in [2.45, 2.75) is 13.1 Å². The molecule has 0 bridgehead atoms. The van der Waals surface area contributed by atoms with Gasteiger partial charge in [0.2, 0.25) is 11.9 Å². The standard InChI is InChI=1S/C28H29N5O4/c1-35-23-13-8-20(9-14-23)18-29-27-31-28(30-19-21-10-15-24(36-2)16-11-21)33(32-27)26(34)17-12-22-6-4-5-7-25(22)37-3/h4-17H,18-19H2,1-3H3,(H2,29,30,31,32)/b17-12+. The molecule has 0 spiro atoms. The Kier molecular flexibility index (Phi) is 8.38. The van der Waals surface area contributed by atoms with E-state index in [9.17, 15) is 4.79 Å². The fourth-order valence-corrected chi connectivity index (χ4v) is 3.54. The van der Waals surface area contributed by atoms with Crippen LogP contribution in [0.3, 0.4) is 0 Å². The monoisotopic (exact) mass is 499 g/mol. The van der Waals surface area contributed by atoms with E-state index in [1.165, 1.54) is 10.8 Å². The number of allylic oxidation sites excluding steroid dienone is 1. The maximum atomic E-state index is 13.1. The number of nitrogens with zero attached hydrogens (tertiary/aromatic N) is 3. The molecular weight excluding hydrogens is 470 g/mol. The lowest BCUT2D eigenvalue weighted by Crippen LogP contribution is -2.14. The molecule has 4 aromatic rings. The zero-order chi connectivity index (χ0) is 26.0. The van der Waals surface area contributed by atoms with Crippen molar-refractivity contribution in [1.29, 1.82) is 0 Å². The van der Waals surface area contributed by atoms with Gasteiger partial charge in [-0.1, -0.05) is 42.5 Å². The molecule has 3 aromatic carbocycles. The lowest BCUT2D eigenvalue weighted by Gasteiger charge is -2.07. The summed E-state index contributed by atoms with van der Waals surface area (Å²) >= 11 is 0. The van der Waals surface area contributed by atoms with Crippen LogP contribution < -0.4 is 24.8 Å². The Morgan fingerprint density at radius 1 is 0.811 bits per heavy atom. The van der Waals surface area contributed by atoms with Crippen molar-refractivity contribution in [2.75, 3.05) is 32.0 Å². The van der Waals surface area contributed by atoms with Gasteiger partial charge < -0.3 is 24.8 Å². The van der Waals surface area contributed by atoms with Crippen molar-refractivity contribution in [3.05, 3.63) is 95.6 Å². The highest BCUT2D eigenvalue weighted by atomic mass is 16.5. The van der Waals surface area contributed by atoms with Crippen LogP contribution in [0.2, 0.25) is 0 Å². The molecule has 0 radical (unpaired) electrons. The van der Waals surface area contributed by atoms with Gasteiger partial charge in [-0.25, -0.2) is 0 Å². The highest BCUT2D eigenvalue weighted by molar-refractivity contribution is 5.95. The number of benzene rings is 3. The Labute approximate surface area is 215 Å². The van der Waals surface area contributed by atoms with Gasteiger partial charge in [0.25, 0.3) is 5.91 Å². The maximum Gasteiger partial charge on any atom is 0.274 e. The highest BCUT2D eigenvalue weighted by Gasteiger charge is 2.15. The lowest BCUT2D eigenvalue weighted by atomic mass is 10.2. The number of hydrogen-bond acceptors (Lipinski definition) is 8. The summed E-state index contributed by atoms with van der Waals surface area (Å²) in [6.07, 6.45) is 3.14. The van der Waals surface area contributed by atoms with Gasteiger partial charge in [0.05, 0.1) is 21.3 Å². The number of ether oxygens (including phenoxy) is 3. The molecule has 9 nitrogen and oxygen atoms in total. The molecule has 0 amide bonds. The molecular formula is C28H29N5O4. The van der Waals surface area contributed by atoms with Gasteiger partial charge in [0.1, 0.15) is 17.2 Å². The molecule has 0 unspecified atom stereocenters. The molecule has 0 aliphatic rings. The number of carbonyl (C=O) groups excluding carboxylic acids is 1. The zero-order valence-electron chi connectivity index (χ0n) is 21.0. The van der Waals surface area contributed by atoms with Gasteiger partial charge in [-0.15, -0.1) is 5.10 Å². The molecule has 0 aliphatic heterocycles. The van der Waals surface area contributed by atoms with E-state index in [2.05, 4.69) is 20.7 Å². The Balaban J connectivity index is 1.53. The number of para-hydroxylation sites is 1. The fraction of sp³-hybridized carbons (Fsp3) is 0.179. The average molecular weight is 500 g/mol. The van der Waals surface area contributed by atoms with Gasteiger partial charge in [0, 0.05) is 24.7 Å². The summed E-state index contributed by atoms with van der Waals surface area (Å²) in [5.74, 6) is 2.52. The van der Waals surface area contributed by atoms with Crippen LogP contribution in [0.1, 0.15) is 21.5 Å². The third-order valence-electron chi connectivity index (χ3n) is 5.58. The minimum absolute atomic E-state index is 0.322. The number of rotatable bonds is 11. The summed E-state index contributed by atoms with van der Waals surface area (Å²) in [5.41, 5.74) is 2.80. The minimum atomic E-state index is -0.354. The van der Waals surface area contributed by atoms with Crippen LogP contribution in [0.15, 0.2) is 78.9 Å². The van der Waals surface area contributed by atoms with Gasteiger partial charge >= 0.3 is 0 Å². The first-order valence-corrected chi connectivity index (χ1v) is 11.7. The molecule has 4 rings (SSSR count). The molecule has 190 valence electrons. The van der Waals surface area contributed by atoms with Crippen molar-refractivity contribution >= 4 is 23.9 Å². The van der Waals surface area contributed by atoms with E-state index >= 15 is 0 Å². The first-order chi connectivity index (χ1) is 18.1. The Morgan fingerprint density at radius 2 is 1.41 bits per heavy atom. The molecule has 2 N–H and O–H groups in total. The summed E-state index contributed by atoms with van der Waals surface area (Å²) in [6.45, 7) is 0.932. The number of aromatic nitrogens is 3. The third-order valence-corrected chi connectivity index (χ3v) is 5.58. The van der Waals surface area contributed by atoms with Crippen molar-refractivity contribution in [3.63, 3.8) is 0 Å². The third kappa shape index (κ3) is 6.66. The Hall–Kier alpha value is -4.79. The van der Waals surface area contributed by atoms with E-state index in [4.69, 9.17) is 14.2 Å². The molecule has 37 heavy (non-hydrogen) atoms. The van der Waals surface area contributed by atoms with Crippen LogP contribution in [0, 0.1) is 0 Å². The van der Waals surface area contributed by atoms with E-state index in [0.717, 1.165) is 28.2 Å². The SMILES string of the molecule is COc1ccc(CNc2nc(NCc3ccc(OC)cc3)n(C(=O)/C=C/c3ccccc3OC)n2)cc1. The molecule has 9 heteroatoms. The lowest BCUT2D eigenvalue weighted by molar-refractivity contribution is 0.0957. The first-order valence-electron chi connectivity index (χ1n) is 11.7. The van der Waals surface area contributed by atoms with Crippen LogP contribution in [0.5, 0.6) is 17.2 Å². The van der Waals surface area contributed by atoms with E-state index in [0.29, 0.717) is 30.7 Å². The largest absolute Gasteiger partial charge is 0.497 e. The van der Waals surface area contributed by atoms with Gasteiger partial charge in [0.15, 0.2) is 0 Å². The summed E-state index contributed by atoms with van der Waals surface area (Å²) in [4.78, 5) is 17.6. The van der Waals surface area contributed by atoms with Gasteiger partial charge in [-0.2, -0.15) is 9.67 Å². The van der Waals surface area contributed by atoms with Crippen LogP contribution in [0.4, 0.5) is 11.9 Å². The number of nitrogens with one attached hydrogen (secondary N) is 2. The molecule has 0 fully saturated rings. The van der Waals surface area contributed by atoms with E-state index in [-0.39, 0.29) is 5.91 Å². The predicted octanol–water partition coefficient (Wildman–Crippen LogP) is 4.88. The summed E-state index contributed by atoms with van der Waals surface area (Å²) < 4.78 is 17.0. The maximum absolute atomic E-state index is 13.1. The van der Waals surface area contributed by atoms with Crippen LogP contribution in [-0.4, -0.2) is 42.0 Å². The second-order valence-corrected chi connectivity index (χ2v) is 7.99. The molecule has 0 aliphatic carbocycles. The van der Waals surface area contributed by atoms with Crippen LogP contribution in [-0.2, 0) is 13.1 Å². The summed E-state index contributed by atoms with van der Waals surface area (Å²) in [6, 6.07) is 22.8. The predicted molar refractivity (Wildman–Crippen MR) is 143 cm³/mol. The van der Waals surface area contributed by atoms with E-state index in [1.807, 2.05) is 72.8 Å². The van der Waals surface area contributed by atoms with Crippen molar-refractivity contribution in [1.82, 2.24) is 14.8 Å². The fourth-order valence-electron chi connectivity index (χ4n) is 3.54. The molecule has 0 atom stereocenters. The van der Waals surface area contributed by atoms with Gasteiger partial charge in [-0.3, -0.25) is 4.79 Å². The average Bonchev–Trinajstić information content (AvgIpc) is 3.37. The number of carbonyl (C=O) groups is 1. The topological polar surface area (TPSA) is 99.5 Å². The first kappa shape index (κ1) is 25.3. The quantitative estimate of drug-likeness (QED) is 0.282. The summed E-state index contributed by atoms with van der Waals surface area (Å²) in [7, 11) is 4.85. The normalized spacial score (nSPS) is 10.8. The van der Waals surface area contributed by atoms with Crippen molar-refractivity contribution in [3.8, 4) is 17.2 Å². The van der Waals surface area contributed by atoms with E-state index in [1.54, 1.807) is 27.4 Å². The number of anilines is 2. The van der Waals surface area contributed by atoms with Crippen LogP contribution in [0.25, 0.3) is 6.08 Å². The molecule has 0 saturated heterocycles. The molecule has 1 heterocycles. The zero-order valence-corrected chi connectivity index (χ0v) is 21.0. The Morgan fingerprint density at radius 3 is 2.00 bits per heavy atom. The second-order valence-electron chi connectivity index (χ2n) is 7.99. The molecule has 1 aromatic heterocycles. The second kappa shape index (κ2) is 12.3. The Bertz CT molecular complexity index is 1350. The van der Waals surface area contributed by atoms with Crippen molar-refractivity contribution in [2.24, 2.45) is 0 Å². The van der Waals surface area contributed by atoms with E-state index < -0.39 is 0 Å². The van der Waals surface area contributed by atoms with Crippen LogP contribution >= 0.6 is 0 Å². The number of methoxy groups -OCH3 is 3.